The molecule has 0 saturated heterocycles. The first-order valence-corrected chi connectivity index (χ1v) is 7.42. The zero-order valence-corrected chi connectivity index (χ0v) is 12.7. The van der Waals surface area contributed by atoms with Crippen molar-refractivity contribution in [1.29, 1.82) is 0 Å². The van der Waals surface area contributed by atoms with E-state index >= 15 is 0 Å². The van der Waals surface area contributed by atoms with Gasteiger partial charge in [-0.2, -0.15) is 0 Å². The first-order valence-electron chi connectivity index (χ1n) is 7.42. The van der Waals surface area contributed by atoms with Crippen molar-refractivity contribution in [3.05, 3.63) is 33.7 Å². The van der Waals surface area contributed by atoms with Gasteiger partial charge < -0.3 is 14.3 Å². The molecule has 0 bridgehead atoms. The number of aryl methyl sites for hydroxylation is 1. The Morgan fingerprint density at radius 3 is 2.81 bits per heavy atom. The largest absolute Gasteiger partial charge is 0.507 e. The normalized spacial score (nSPS) is 16.5. The van der Waals surface area contributed by atoms with E-state index in [4.69, 9.17) is 9.15 Å². The van der Waals surface area contributed by atoms with Crippen molar-refractivity contribution in [2.45, 2.75) is 52.1 Å². The molecule has 1 N–H and O–H groups in total. The van der Waals surface area contributed by atoms with Gasteiger partial charge >= 0.3 is 5.63 Å². The van der Waals surface area contributed by atoms with E-state index in [0.29, 0.717) is 11.3 Å². The minimum Gasteiger partial charge on any atom is -0.507 e. The van der Waals surface area contributed by atoms with Crippen LogP contribution in [0.15, 0.2) is 21.3 Å². The van der Waals surface area contributed by atoms with Crippen LogP contribution in [0.1, 0.15) is 44.7 Å². The molecule has 1 aliphatic heterocycles. The lowest BCUT2D eigenvalue weighted by molar-refractivity contribution is 0.0857. The Labute approximate surface area is 123 Å². The maximum Gasteiger partial charge on any atom is 0.336 e. The molecule has 0 atom stereocenters. The number of benzene rings is 1. The van der Waals surface area contributed by atoms with E-state index in [1.807, 2.05) is 13.8 Å². The molecule has 1 aliphatic rings. The first kappa shape index (κ1) is 14.0. The second-order valence-electron chi connectivity index (χ2n) is 6.28. The van der Waals surface area contributed by atoms with Gasteiger partial charge in [-0.25, -0.2) is 4.79 Å². The van der Waals surface area contributed by atoms with Gasteiger partial charge in [0.25, 0.3) is 0 Å². The van der Waals surface area contributed by atoms with Gasteiger partial charge in [-0.05, 0) is 38.7 Å². The van der Waals surface area contributed by atoms with Crippen LogP contribution in [0.25, 0.3) is 11.0 Å². The van der Waals surface area contributed by atoms with Crippen LogP contribution in [0.3, 0.4) is 0 Å². The molecular weight excluding hydrogens is 268 g/mol. The van der Waals surface area contributed by atoms with Crippen LogP contribution in [-0.4, -0.2) is 10.7 Å². The predicted octanol–water partition coefficient (Wildman–Crippen LogP) is 3.55. The molecule has 0 unspecified atom stereocenters. The van der Waals surface area contributed by atoms with Crippen molar-refractivity contribution in [3.63, 3.8) is 0 Å². The number of ether oxygens (including phenoxy) is 1. The van der Waals surface area contributed by atoms with Crippen molar-refractivity contribution < 1.29 is 14.3 Å². The van der Waals surface area contributed by atoms with Crippen LogP contribution in [0.2, 0.25) is 0 Å². The Bertz CT molecular complexity index is 755. The fourth-order valence-electron chi connectivity index (χ4n) is 2.97. The third-order valence-electron chi connectivity index (χ3n) is 4.02. The zero-order valence-electron chi connectivity index (χ0n) is 12.7. The average molecular weight is 288 g/mol. The summed E-state index contributed by atoms with van der Waals surface area (Å²) in [5.41, 5.74) is 1.47. The van der Waals surface area contributed by atoms with Crippen LogP contribution in [0.5, 0.6) is 11.5 Å². The Kier molecular flexibility index (Phi) is 3.19. The maximum atomic E-state index is 11.7. The molecule has 0 amide bonds. The minimum absolute atomic E-state index is 0.143. The number of hydrogen-bond acceptors (Lipinski definition) is 4. The van der Waals surface area contributed by atoms with E-state index < -0.39 is 0 Å². The molecule has 0 radical (unpaired) electrons. The van der Waals surface area contributed by atoms with Gasteiger partial charge in [0.15, 0.2) is 0 Å². The molecule has 2 aromatic rings. The molecule has 2 heterocycles. The highest BCUT2D eigenvalue weighted by molar-refractivity contribution is 5.90. The summed E-state index contributed by atoms with van der Waals surface area (Å²) in [5.74, 6) is 0.818. The predicted molar refractivity (Wildman–Crippen MR) is 81.2 cm³/mol. The number of phenolic OH excluding ortho intramolecular Hbond substituents is 1. The van der Waals surface area contributed by atoms with E-state index in [1.165, 1.54) is 12.1 Å². The number of aromatic hydroxyl groups is 1. The summed E-state index contributed by atoms with van der Waals surface area (Å²) in [6.07, 6.45) is 3.31. The van der Waals surface area contributed by atoms with E-state index in [1.54, 1.807) is 0 Å². The van der Waals surface area contributed by atoms with Crippen molar-refractivity contribution >= 4 is 11.0 Å². The average Bonchev–Trinajstić information content (AvgIpc) is 2.36. The monoisotopic (exact) mass is 288 g/mol. The highest BCUT2D eigenvalue weighted by Crippen LogP contribution is 2.44. The second-order valence-corrected chi connectivity index (χ2v) is 6.28. The molecule has 0 spiro atoms. The molecular formula is C17H20O4. The van der Waals surface area contributed by atoms with E-state index in [2.05, 4.69) is 6.92 Å². The van der Waals surface area contributed by atoms with Crippen LogP contribution < -0.4 is 10.4 Å². The van der Waals surface area contributed by atoms with Gasteiger partial charge in [0.1, 0.15) is 22.7 Å². The molecule has 0 saturated carbocycles. The summed E-state index contributed by atoms with van der Waals surface area (Å²) in [7, 11) is 0. The standard InChI is InChI=1S/C17H20O4/c1-4-5-10-8-14(19)20-13-9-12(18)11-6-7-17(2,3)21-16(11)15(10)13/h8-9,18H,4-7H2,1-3H3. The van der Waals surface area contributed by atoms with Crippen molar-refractivity contribution in [3.8, 4) is 11.5 Å². The van der Waals surface area contributed by atoms with Gasteiger partial charge in [-0.3, -0.25) is 0 Å². The molecule has 112 valence electrons. The van der Waals surface area contributed by atoms with Crippen LogP contribution in [-0.2, 0) is 12.8 Å². The Morgan fingerprint density at radius 1 is 1.33 bits per heavy atom. The fraction of sp³-hybridized carbons (Fsp3) is 0.471. The van der Waals surface area contributed by atoms with Gasteiger partial charge in [0, 0.05) is 17.7 Å². The lowest BCUT2D eigenvalue weighted by Gasteiger charge is -2.33. The van der Waals surface area contributed by atoms with Crippen LogP contribution in [0, 0.1) is 0 Å². The second kappa shape index (κ2) is 4.79. The molecule has 4 heteroatoms. The summed E-state index contributed by atoms with van der Waals surface area (Å²) in [5, 5.41) is 11.0. The van der Waals surface area contributed by atoms with E-state index in [0.717, 1.165) is 42.2 Å². The molecule has 1 aromatic heterocycles. The summed E-state index contributed by atoms with van der Waals surface area (Å²) in [4.78, 5) is 11.7. The maximum absolute atomic E-state index is 11.7. The summed E-state index contributed by atoms with van der Waals surface area (Å²) >= 11 is 0. The van der Waals surface area contributed by atoms with E-state index in [9.17, 15) is 9.90 Å². The fourth-order valence-corrected chi connectivity index (χ4v) is 2.97. The minimum atomic E-state index is -0.389. The SMILES string of the molecule is CCCc1cc(=O)oc2cc(O)c3c(c12)OC(C)(C)CC3. The van der Waals surface area contributed by atoms with Crippen LogP contribution in [0.4, 0.5) is 0 Å². The summed E-state index contributed by atoms with van der Waals surface area (Å²) in [6.45, 7) is 6.13. The van der Waals surface area contributed by atoms with Gasteiger partial charge in [0.05, 0.1) is 5.39 Å². The lowest BCUT2D eigenvalue weighted by Crippen LogP contribution is -2.32. The Hall–Kier alpha value is -1.97. The van der Waals surface area contributed by atoms with E-state index in [-0.39, 0.29) is 17.0 Å². The molecule has 4 nitrogen and oxygen atoms in total. The third kappa shape index (κ3) is 2.39. The highest BCUT2D eigenvalue weighted by Gasteiger charge is 2.31. The van der Waals surface area contributed by atoms with Crippen molar-refractivity contribution in [2.75, 3.05) is 0 Å². The smallest absolute Gasteiger partial charge is 0.336 e. The third-order valence-corrected chi connectivity index (χ3v) is 4.02. The molecule has 0 fully saturated rings. The topological polar surface area (TPSA) is 59.7 Å². The lowest BCUT2D eigenvalue weighted by atomic mass is 9.91. The number of fused-ring (bicyclic) bond motifs is 3. The van der Waals surface area contributed by atoms with Crippen molar-refractivity contribution in [1.82, 2.24) is 0 Å². The van der Waals surface area contributed by atoms with Gasteiger partial charge in [0.2, 0.25) is 0 Å². The summed E-state index contributed by atoms with van der Waals surface area (Å²) in [6, 6.07) is 3.07. The Balaban J connectivity index is 2.36. The first-order chi connectivity index (χ1) is 9.91. The summed E-state index contributed by atoms with van der Waals surface area (Å²) < 4.78 is 11.4. The van der Waals surface area contributed by atoms with Crippen molar-refractivity contribution in [2.24, 2.45) is 0 Å². The molecule has 1 aromatic carbocycles. The quantitative estimate of drug-likeness (QED) is 0.858. The number of hydrogen-bond donors (Lipinski definition) is 1. The number of rotatable bonds is 2. The van der Waals surface area contributed by atoms with Gasteiger partial charge in [-0.15, -0.1) is 0 Å². The van der Waals surface area contributed by atoms with Gasteiger partial charge in [-0.1, -0.05) is 13.3 Å². The Morgan fingerprint density at radius 2 is 2.10 bits per heavy atom. The molecule has 0 aliphatic carbocycles. The zero-order chi connectivity index (χ0) is 15.2. The molecule has 21 heavy (non-hydrogen) atoms. The number of phenols is 1. The molecule has 3 rings (SSSR count). The van der Waals surface area contributed by atoms with Crippen LogP contribution >= 0.6 is 0 Å². The highest BCUT2D eigenvalue weighted by atomic mass is 16.5.